The fraction of sp³-hybridized carbons (Fsp3) is 0.400. The molecule has 1 rings (SSSR count). The number of rotatable bonds is 2. The monoisotopic (exact) mass is 196 g/mol. The topological polar surface area (TPSA) is 36.7 Å². The molecule has 0 amide bonds. The van der Waals surface area contributed by atoms with E-state index >= 15 is 0 Å². The van der Waals surface area contributed by atoms with E-state index in [9.17, 15) is 8.78 Å². The predicted molar refractivity (Wildman–Crippen MR) is 48.0 cm³/mol. The van der Waals surface area contributed by atoms with Crippen LogP contribution in [-0.2, 0) is 6.42 Å². The Labute approximate surface area is 81.2 Å². The van der Waals surface area contributed by atoms with Crippen molar-refractivity contribution in [3.8, 4) is 6.07 Å². The molecule has 0 aliphatic rings. The van der Waals surface area contributed by atoms with E-state index < -0.39 is 6.43 Å². The van der Waals surface area contributed by atoms with Gasteiger partial charge in [0, 0.05) is 17.0 Å². The molecule has 1 heterocycles. The van der Waals surface area contributed by atoms with E-state index in [0.717, 1.165) is 0 Å². The Morgan fingerprint density at radius 1 is 1.50 bits per heavy atom. The van der Waals surface area contributed by atoms with E-state index in [1.54, 1.807) is 6.92 Å². The summed E-state index contributed by atoms with van der Waals surface area (Å²) in [6.45, 7) is 3.26. The minimum absolute atomic E-state index is 0.00384. The van der Waals surface area contributed by atoms with Crippen molar-refractivity contribution in [2.24, 2.45) is 0 Å². The van der Waals surface area contributed by atoms with E-state index in [2.05, 4.69) is 4.98 Å². The summed E-state index contributed by atoms with van der Waals surface area (Å²) in [5.41, 5.74) is 1.26. The summed E-state index contributed by atoms with van der Waals surface area (Å²) in [6, 6.07) is 3.41. The fourth-order valence-corrected chi connectivity index (χ4v) is 1.45. The van der Waals surface area contributed by atoms with Gasteiger partial charge in [0.15, 0.2) is 0 Å². The van der Waals surface area contributed by atoms with Gasteiger partial charge in [0.05, 0.1) is 12.5 Å². The summed E-state index contributed by atoms with van der Waals surface area (Å²) in [6.07, 6.45) is -2.56. The normalized spacial score (nSPS) is 10.3. The first-order valence-corrected chi connectivity index (χ1v) is 4.18. The second-order valence-electron chi connectivity index (χ2n) is 3.06. The summed E-state index contributed by atoms with van der Waals surface area (Å²) in [4.78, 5) is 3.95. The fourth-order valence-electron chi connectivity index (χ4n) is 1.45. The molecule has 1 aromatic heterocycles. The largest absolute Gasteiger partial charge is 0.265 e. The lowest BCUT2D eigenvalue weighted by Crippen LogP contribution is -2.01. The average molecular weight is 196 g/mol. The molecule has 74 valence electrons. The first-order chi connectivity index (χ1) is 6.56. The molecule has 0 atom stereocenters. The Kier molecular flexibility index (Phi) is 3.13. The second-order valence-corrected chi connectivity index (χ2v) is 3.06. The highest BCUT2D eigenvalue weighted by molar-refractivity contribution is 5.34. The second kappa shape index (κ2) is 4.14. The van der Waals surface area contributed by atoms with Gasteiger partial charge in [-0.25, -0.2) is 8.78 Å². The zero-order chi connectivity index (χ0) is 10.7. The number of hydrogen-bond donors (Lipinski definition) is 0. The van der Waals surface area contributed by atoms with Crippen LogP contribution in [0.2, 0.25) is 0 Å². The minimum atomic E-state index is -2.56. The maximum Gasteiger partial charge on any atom is 0.265 e. The molecular weight excluding hydrogens is 186 g/mol. The van der Waals surface area contributed by atoms with Gasteiger partial charge in [-0.3, -0.25) is 4.98 Å². The average Bonchev–Trinajstić information content (AvgIpc) is 2.01. The van der Waals surface area contributed by atoms with E-state index in [-0.39, 0.29) is 12.0 Å². The Morgan fingerprint density at radius 3 is 2.64 bits per heavy atom. The zero-order valence-electron chi connectivity index (χ0n) is 8.01. The molecule has 0 aliphatic heterocycles. The third kappa shape index (κ3) is 2.05. The molecule has 0 aliphatic carbocycles. The van der Waals surface area contributed by atoms with Crippen LogP contribution in [0.4, 0.5) is 8.78 Å². The smallest absolute Gasteiger partial charge is 0.258 e. The van der Waals surface area contributed by atoms with Gasteiger partial charge in [0.25, 0.3) is 6.43 Å². The highest BCUT2D eigenvalue weighted by atomic mass is 19.3. The number of aryl methyl sites for hydroxylation is 2. The molecule has 0 radical (unpaired) electrons. The molecule has 0 aromatic carbocycles. The third-order valence-corrected chi connectivity index (χ3v) is 1.95. The molecule has 4 heteroatoms. The SMILES string of the molecule is Cc1cc(CC#N)c(C(F)F)c(C)n1. The van der Waals surface area contributed by atoms with Crippen LogP contribution in [-0.4, -0.2) is 4.98 Å². The van der Waals surface area contributed by atoms with Crippen LogP contribution in [0.1, 0.15) is 28.9 Å². The quantitative estimate of drug-likeness (QED) is 0.729. The highest BCUT2D eigenvalue weighted by Crippen LogP contribution is 2.26. The van der Waals surface area contributed by atoms with Crippen LogP contribution in [0.3, 0.4) is 0 Å². The highest BCUT2D eigenvalue weighted by Gasteiger charge is 2.17. The lowest BCUT2D eigenvalue weighted by molar-refractivity contribution is 0.149. The van der Waals surface area contributed by atoms with E-state index in [4.69, 9.17) is 5.26 Å². The van der Waals surface area contributed by atoms with Crippen LogP contribution in [0, 0.1) is 25.2 Å². The van der Waals surface area contributed by atoms with Crippen molar-refractivity contribution in [1.82, 2.24) is 4.98 Å². The number of hydrogen-bond acceptors (Lipinski definition) is 2. The maximum absolute atomic E-state index is 12.6. The van der Waals surface area contributed by atoms with E-state index in [1.165, 1.54) is 13.0 Å². The summed E-state index contributed by atoms with van der Waals surface area (Å²) >= 11 is 0. The van der Waals surface area contributed by atoms with Gasteiger partial charge in [-0.15, -0.1) is 0 Å². The summed E-state index contributed by atoms with van der Waals surface area (Å²) in [5, 5.41) is 8.49. The minimum Gasteiger partial charge on any atom is -0.258 e. The molecular formula is C10H10F2N2. The standard InChI is InChI=1S/C10H10F2N2/c1-6-5-8(3-4-13)9(10(11)12)7(2)14-6/h5,10H,3H2,1-2H3. The van der Waals surface area contributed by atoms with Gasteiger partial charge in [-0.1, -0.05) is 0 Å². The van der Waals surface area contributed by atoms with Crippen molar-refractivity contribution in [3.05, 3.63) is 28.6 Å². The molecule has 0 bridgehead atoms. The van der Waals surface area contributed by atoms with E-state index in [0.29, 0.717) is 17.0 Å². The number of pyridine rings is 1. The number of nitriles is 1. The molecule has 1 aromatic rings. The van der Waals surface area contributed by atoms with Crippen LogP contribution >= 0.6 is 0 Å². The number of alkyl halides is 2. The van der Waals surface area contributed by atoms with Crippen LogP contribution < -0.4 is 0 Å². The number of aromatic nitrogens is 1. The number of nitrogens with zero attached hydrogens (tertiary/aromatic N) is 2. The van der Waals surface area contributed by atoms with Crippen LogP contribution in [0.15, 0.2) is 6.07 Å². The van der Waals surface area contributed by atoms with Crippen LogP contribution in [0.5, 0.6) is 0 Å². The first-order valence-electron chi connectivity index (χ1n) is 4.18. The van der Waals surface area contributed by atoms with Crippen molar-refractivity contribution in [2.45, 2.75) is 26.7 Å². The van der Waals surface area contributed by atoms with Gasteiger partial charge < -0.3 is 0 Å². The van der Waals surface area contributed by atoms with Crippen molar-refractivity contribution in [2.75, 3.05) is 0 Å². The Hall–Kier alpha value is -1.50. The van der Waals surface area contributed by atoms with Crippen LogP contribution in [0.25, 0.3) is 0 Å². The van der Waals surface area contributed by atoms with Crippen molar-refractivity contribution in [3.63, 3.8) is 0 Å². The lowest BCUT2D eigenvalue weighted by Gasteiger charge is -2.09. The predicted octanol–water partition coefficient (Wildman–Crippen LogP) is 2.70. The summed E-state index contributed by atoms with van der Waals surface area (Å²) in [5.74, 6) is 0. The molecule has 0 unspecified atom stereocenters. The van der Waals surface area contributed by atoms with Gasteiger partial charge in [-0.05, 0) is 25.5 Å². The molecule has 2 nitrogen and oxygen atoms in total. The van der Waals surface area contributed by atoms with E-state index in [1.807, 2.05) is 6.07 Å². The van der Waals surface area contributed by atoms with Crippen molar-refractivity contribution < 1.29 is 8.78 Å². The summed E-state index contributed by atoms with van der Waals surface area (Å²) in [7, 11) is 0. The molecule has 0 N–H and O–H groups in total. The van der Waals surface area contributed by atoms with Crippen molar-refractivity contribution >= 4 is 0 Å². The Bertz CT molecular complexity index is 380. The summed E-state index contributed by atoms with van der Waals surface area (Å²) < 4.78 is 25.2. The van der Waals surface area contributed by atoms with Gasteiger partial charge in [-0.2, -0.15) is 5.26 Å². The van der Waals surface area contributed by atoms with Gasteiger partial charge >= 0.3 is 0 Å². The molecule has 0 saturated heterocycles. The molecule has 0 spiro atoms. The number of halogens is 2. The maximum atomic E-state index is 12.6. The zero-order valence-corrected chi connectivity index (χ0v) is 8.01. The van der Waals surface area contributed by atoms with Gasteiger partial charge in [0.2, 0.25) is 0 Å². The van der Waals surface area contributed by atoms with Crippen molar-refractivity contribution in [1.29, 1.82) is 5.26 Å². The Balaban J connectivity index is 3.30. The Morgan fingerprint density at radius 2 is 2.14 bits per heavy atom. The molecule has 0 fully saturated rings. The first kappa shape index (κ1) is 10.6. The van der Waals surface area contributed by atoms with Gasteiger partial charge in [0.1, 0.15) is 0 Å². The third-order valence-electron chi connectivity index (χ3n) is 1.95. The lowest BCUT2D eigenvalue weighted by atomic mass is 10.0. The molecule has 0 saturated carbocycles. The molecule has 14 heavy (non-hydrogen) atoms.